The third-order valence-electron chi connectivity index (χ3n) is 4.65. The minimum absolute atomic E-state index is 0.420. The first-order valence-corrected chi connectivity index (χ1v) is 9.41. The predicted molar refractivity (Wildman–Crippen MR) is 108 cm³/mol. The van der Waals surface area contributed by atoms with Gasteiger partial charge in [-0.15, -0.1) is 0 Å². The van der Waals surface area contributed by atoms with Crippen molar-refractivity contribution in [2.24, 2.45) is 0 Å². The van der Waals surface area contributed by atoms with E-state index in [1.807, 2.05) is 6.92 Å². The first-order chi connectivity index (χ1) is 12.4. The van der Waals surface area contributed by atoms with Crippen LogP contribution in [0, 0.1) is 27.7 Å². The fraction of sp³-hybridized carbons (Fsp3) is 0.500. The van der Waals surface area contributed by atoms with E-state index in [2.05, 4.69) is 63.1 Å². The van der Waals surface area contributed by atoms with E-state index in [1.165, 1.54) is 5.56 Å². The molecule has 0 atom stereocenters. The minimum atomic E-state index is 0.420. The van der Waals surface area contributed by atoms with Crippen molar-refractivity contribution in [3.63, 3.8) is 0 Å². The molecule has 0 aliphatic rings. The number of ether oxygens (including phenoxy) is 2. The van der Waals surface area contributed by atoms with Gasteiger partial charge in [0.1, 0.15) is 5.75 Å². The van der Waals surface area contributed by atoms with Crippen LogP contribution in [0.2, 0.25) is 0 Å². The highest BCUT2D eigenvalue weighted by Crippen LogP contribution is 2.34. The lowest BCUT2D eigenvalue weighted by Crippen LogP contribution is -2.19. The van der Waals surface area contributed by atoms with Crippen molar-refractivity contribution in [2.45, 2.75) is 67.0 Å². The van der Waals surface area contributed by atoms with Gasteiger partial charge in [0.25, 0.3) is 0 Å². The molecule has 0 saturated carbocycles. The molecule has 0 saturated heterocycles. The number of hydrogen-bond donors (Lipinski definition) is 1. The second kappa shape index (κ2) is 9.04. The molecule has 0 aliphatic carbocycles. The smallest absolute Gasteiger partial charge is 0.227 e. The lowest BCUT2D eigenvalue weighted by atomic mass is 10.1. The molecule has 1 heterocycles. The Bertz CT molecular complexity index is 729. The van der Waals surface area contributed by atoms with Crippen LogP contribution in [0.25, 0.3) is 0 Å². The van der Waals surface area contributed by atoms with Gasteiger partial charge >= 0.3 is 0 Å². The first-order valence-electron chi connectivity index (χ1n) is 9.41. The molecule has 4 nitrogen and oxygen atoms in total. The number of benzene rings is 1. The van der Waals surface area contributed by atoms with Gasteiger partial charge in [0.2, 0.25) is 5.88 Å². The molecule has 0 spiro atoms. The highest BCUT2D eigenvalue weighted by Gasteiger charge is 2.17. The Hall–Kier alpha value is -2.07. The third-order valence-corrected chi connectivity index (χ3v) is 4.65. The van der Waals surface area contributed by atoms with Crippen molar-refractivity contribution >= 4 is 5.69 Å². The van der Waals surface area contributed by atoms with E-state index < -0.39 is 0 Å². The van der Waals surface area contributed by atoms with E-state index in [-0.39, 0.29) is 0 Å². The summed E-state index contributed by atoms with van der Waals surface area (Å²) in [5, 5.41) is 3.64. The number of pyridine rings is 1. The number of nitrogens with one attached hydrogen (secondary N) is 1. The fourth-order valence-electron chi connectivity index (χ4n) is 3.31. The molecule has 0 unspecified atom stereocenters. The average Bonchev–Trinajstić information content (AvgIpc) is 2.58. The zero-order valence-electron chi connectivity index (χ0n) is 17.2. The zero-order chi connectivity index (χ0) is 19.3. The summed E-state index contributed by atoms with van der Waals surface area (Å²) in [6.45, 7) is 13.1. The van der Waals surface area contributed by atoms with Crippen molar-refractivity contribution in [2.75, 3.05) is 12.4 Å². The molecule has 0 bridgehead atoms. The van der Waals surface area contributed by atoms with Crippen LogP contribution in [0.4, 0.5) is 5.69 Å². The summed E-state index contributed by atoms with van der Waals surface area (Å²) >= 11 is 0. The molecule has 1 aromatic heterocycles. The van der Waals surface area contributed by atoms with E-state index in [0.29, 0.717) is 18.5 Å². The van der Waals surface area contributed by atoms with Gasteiger partial charge in [-0.3, -0.25) is 0 Å². The van der Waals surface area contributed by atoms with Crippen LogP contribution in [0.15, 0.2) is 18.2 Å². The summed E-state index contributed by atoms with van der Waals surface area (Å²) in [5.74, 6) is 1.50. The summed E-state index contributed by atoms with van der Waals surface area (Å²) in [6, 6.07) is 6.77. The van der Waals surface area contributed by atoms with Crippen molar-refractivity contribution < 1.29 is 9.47 Å². The molecule has 26 heavy (non-hydrogen) atoms. The molecular weight excluding hydrogens is 324 g/mol. The number of methoxy groups -OCH3 is 1. The van der Waals surface area contributed by atoms with Crippen molar-refractivity contribution in [1.29, 1.82) is 0 Å². The number of rotatable bonds is 8. The van der Waals surface area contributed by atoms with Crippen molar-refractivity contribution in [3.8, 4) is 11.6 Å². The molecule has 1 aromatic carbocycles. The van der Waals surface area contributed by atoms with Gasteiger partial charge in [0, 0.05) is 24.5 Å². The van der Waals surface area contributed by atoms with Gasteiger partial charge in [-0.2, -0.15) is 0 Å². The number of anilines is 1. The Morgan fingerprint density at radius 1 is 1.00 bits per heavy atom. The largest absolute Gasteiger partial charge is 0.438 e. The second-order valence-corrected chi connectivity index (χ2v) is 7.02. The second-order valence-electron chi connectivity index (χ2n) is 7.02. The zero-order valence-corrected chi connectivity index (χ0v) is 17.2. The Morgan fingerprint density at radius 2 is 1.62 bits per heavy atom. The number of nitrogens with zero attached hydrogens (tertiary/aromatic N) is 1. The predicted octanol–water partition coefficient (Wildman–Crippen LogP) is 5.85. The highest BCUT2D eigenvalue weighted by atomic mass is 16.5. The van der Waals surface area contributed by atoms with Crippen LogP contribution in [-0.2, 0) is 11.3 Å². The Balaban J connectivity index is 2.49. The summed E-state index contributed by atoms with van der Waals surface area (Å²) in [4.78, 5) is 4.67. The van der Waals surface area contributed by atoms with E-state index in [0.717, 1.165) is 46.7 Å². The van der Waals surface area contributed by atoms with Crippen LogP contribution in [0.5, 0.6) is 11.6 Å². The van der Waals surface area contributed by atoms with E-state index in [4.69, 9.17) is 9.47 Å². The van der Waals surface area contributed by atoms with E-state index in [9.17, 15) is 0 Å². The minimum Gasteiger partial charge on any atom is -0.438 e. The van der Waals surface area contributed by atoms with Gasteiger partial charge in [0.15, 0.2) is 0 Å². The maximum atomic E-state index is 6.32. The first kappa shape index (κ1) is 20.2. The van der Waals surface area contributed by atoms with Crippen molar-refractivity contribution in [1.82, 2.24) is 4.98 Å². The molecular formula is C22H32N2O2. The molecule has 1 N–H and O–H groups in total. The van der Waals surface area contributed by atoms with E-state index >= 15 is 0 Å². The number of hydrogen-bond acceptors (Lipinski definition) is 4. The highest BCUT2D eigenvalue weighted by molar-refractivity contribution is 5.58. The molecule has 0 radical (unpaired) electrons. The van der Waals surface area contributed by atoms with Crippen LogP contribution >= 0.6 is 0 Å². The normalized spacial score (nSPS) is 11.1. The standard InChI is InChI=1S/C22H32N2O2/c1-8-18(9-2)24-20-12-17(6)23-22(19(20)13-25-7)26-21-15(4)10-14(3)11-16(21)5/h10-12,18H,8-9,13H2,1-7H3,(H,23,24). The van der Waals surface area contributed by atoms with Gasteiger partial charge in [-0.1, -0.05) is 31.5 Å². The molecule has 2 rings (SSSR count). The third kappa shape index (κ3) is 4.76. The number of aromatic nitrogens is 1. The molecule has 0 amide bonds. The molecule has 0 aliphatic heterocycles. The maximum Gasteiger partial charge on any atom is 0.227 e. The Morgan fingerprint density at radius 3 is 2.15 bits per heavy atom. The topological polar surface area (TPSA) is 43.4 Å². The van der Waals surface area contributed by atoms with Crippen LogP contribution in [0.3, 0.4) is 0 Å². The molecule has 142 valence electrons. The molecule has 2 aromatic rings. The maximum absolute atomic E-state index is 6.32. The number of aryl methyl sites for hydroxylation is 4. The van der Waals surface area contributed by atoms with Gasteiger partial charge in [-0.05, 0) is 57.7 Å². The summed E-state index contributed by atoms with van der Waals surface area (Å²) in [6.07, 6.45) is 2.13. The van der Waals surface area contributed by atoms with Gasteiger partial charge in [0.05, 0.1) is 12.2 Å². The quantitative estimate of drug-likeness (QED) is 0.644. The molecule has 4 heteroatoms. The summed E-state index contributed by atoms with van der Waals surface area (Å²) in [5.41, 5.74) is 6.40. The van der Waals surface area contributed by atoms with Gasteiger partial charge in [-0.25, -0.2) is 4.98 Å². The fourth-order valence-corrected chi connectivity index (χ4v) is 3.31. The monoisotopic (exact) mass is 356 g/mol. The lowest BCUT2D eigenvalue weighted by Gasteiger charge is -2.22. The van der Waals surface area contributed by atoms with Crippen LogP contribution in [0.1, 0.15) is 54.6 Å². The van der Waals surface area contributed by atoms with Gasteiger partial charge < -0.3 is 14.8 Å². The SMILES string of the molecule is CCC(CC)Nc1cc(C)nc(Oc2c(C)cc(C)cc2C)c1COC. The summed E-state index contributed by atoms with van der Waals surface area (Å²) < 4.78 is 11.8. The average molecular weight is 357 g/mol. The van der Waals surface area contributed by atoms with Crippen molar-refractivity contribution in [3.05, 3.63) is 46.1 Å². The van der Waals surface area contributed by atoms with Crippen LogP contribution in [-0.4, -0.2) is 18.1 Å². The molecule has 0 fully saturated rings. The summed E-state index contributed by atoms with van der Waals surface area (Å²) in [7, 11) is 1.70. The Kier molecular flexibility index (Phi) is 7.04. The lowest BCUT2D eigenvalue weighted by molar-refractivity contribution is 0.182. The Labute approximate surface area is 157 Å². The van der Waals surface area contributed by atoms with Crippen LogP contribution < -0.4 is 10.1 Å². The van der Waals surface area contributed by atoms with E-state index in [1.54, 1.807) is 7.11 Å².